The molecule has 1 aliphatic rings. The lowest BCUT2D eigenvalue weighted by atomic mass is 9.94. The Bertz CT molecular complexity index is 557. The fourth-order valence-corrected chi connectivity index (χ4v) is 2.55. The molecular formula is C13H10BrN. The number of halogens is 1. The van der Waals surface area contributed by atoms with E-state index in [-0.39, 0.29) is 0 Å². The first-order chi connectivity index (χ1) is 7.34. The third-order valence-electron chi connectivity index (χ3n) is 2.84. The van der Waals surface area contributed by atoms with E-state index in [1.54, 1.807) is 0 Å². The number of nitrogens with zero attached hydrogens (tertiary/aromatic N) is 1. The average Bonchev–Trinajstić information content (AvgIpc) is 2.28. The van der Waals surface area contributed by atoms with E-state index < -0.39 is 0 Å². The Labute approximate surface area is 97.0 Å². The summed E-state index contributed by atoms with van der Waals surface area (Å²) >= 11 is 3.56. The van der Waals surface area contributed by atoms with Crippen molar-refractivity contribution < 1.29 is 0 Å². The summed E-state index contributed by atoms with van der Waals surface area (Å²) in [5.41, 5.74) is 3.85. The highest BCUT2D eigenvalue weighted by molar-refractivity contribution is 9.11. The molecule has 0 aliphatic heterocycles. The predicted octanol–water partition coefficient (Wildman–Crippen LogP) is 3.92. The molecule has 0 amide bonds. The second kappa shape index (κ2) is 3.46. The van der Waals surface area contributed by atoms with Crippen LogP contribution in [0.25, 0.3) is 17.0 Å². The number of aromatic nitrogens is 1. The van der Waals surface area contributed by atoms with Gasteiger partial charge in [0, 0.05) is 11.6 Å². The van der Waals surface area contributed by atoms with Gasteiger partial charge in [0.25, 0.3) is 0 Å². The third-order valence-corrected chi connectivity index (χ3v) is 3.47. The summed E-state index contributed by atoms with van der Waals surface area (Å²) in [7, 11) is 0. The SMILES string of the molecule is BrC1=Cc2ccc3cccnc3c2CC1. The van der Waals surface area contributed by atoms with E-state index in [0.717, 1.165) is 18.4 Å². The third kappa shape index (κ3) is 1.49. The van der Waals surface area contributed by atoms with Crippen LogP contribution in [0.15, 0.2) is 34.9 Å². The quantitative estimate of drug-likeness (QED) is 0.699. The molecule has 1 aromatic heterocycles. The monoisotopic (exact) mass is 259 g/mol. The minimum absolute atomic E-state index is 1.08. The number of hydrogen-bond acceptors (Lipinski definition) is 1. The molecule has 1 aliphatic carbocycles. The van der Waals surface area contributed by atoms with Crippen molar-refractivity contribution in [3.8, 4) is 0 Å². The fraction of sp³-hybridized carbons (Fsp3) is 0.154. The van der Waals surface area contributed by atoms with Crippen LogP contribution in [0.2, 0.25) is 0 Å². The van der Waals surface area contributed by atoms with Crippen LogP contribution in [0.3, 0.4) is 0 Å². The minimum atomic E-state index is 1.08. The molecule has 15 heavy (non-hydrogen) atoms. The maximum Gasteiger partial charge on any atom is 0.0739 e. The molecule has 74 valence electrons. The Morgan fingerprint density at radius 3 is 3.00 bits per heavy atom. The number of aryl methyl sites for hydroxylation is 1. The summed E-state index contributed by atoms with van der Waals surface area (Å²) in [5, 5.41) is 1.24. The van der Waals surface area contributed by atoms with Crippen LogP contribution in [0.1, 0.15) is 17.5 Å². The van der Waals surface area contributed by atoms with Crippen molar-refractivity contribution in [1.29, 1.82) is 0 Å². The van der Waals surface area contributed by atoms with E-state index in [9.17, 15) is 0 Å². The van der Waals surface area contributed by atoms with E-state index >= 15 is 0 Å². The normalized spacial score (nSPS) is 14.9. The van der Waals surface area contributed by atoms with Crippen LogP contribution in [0.5, 0.6) is 0 Å². The molecule has 2 aromatic rings. The lowest BCUT2D eigenvalue weighted by molar-refractivity contribution is 0.982. The Kier molecular flexibility index (Phi) is 2.10. The molecule has 0 spiro atoms. The van der Waals surface area contributed by atoms with E-state index in [0.29, 0.717) is 0 Å². The zero-order valence-electron chi connectivity index (χ0n) is 8.20. The van der Waals surface area contributed by atoms with Crippen LogP contribution in [-0.2, 0) is 6.42 Å². The first-order valence-electron chi connectivity index (χ1n) is 5.07. The molecule has 0 atom stereocenters. The summed E-state index contributed by atoms with van der Waals surface area (Å²) in [6.45, 7) is 0. The summed E-state index contributed by atoms with van der Waals surface area (Å²) in [6.07, 6.45) is 6.24. The second-order valence-corrected chi connectivity index (χ2v) is 4.82. The molecule has 1 aromatic carbocycles. The zero-order valence-corrected chi connectivity index (χ0v) is 9.79. The molecular weight excluding hydrogens is 250 g/mol. The summed E-state index contributed by atoms with van der Waals surface area (Å²) in [4.78, 5) is 4.47. The summed E-state index contributed by atoms with van der Waals surface area (Å²) < 4.78 is 1.28. The van der Waals surface area contributed by atoms with Crippen molar-refractivity contribution in [3.05, 3.63) is 46.1 Å². The number of benzene rings is 1. The van der Waals surface area contributed by atoms with Gasteiger partial charge in [-0.2, -0.15) is 0 Å². The zero-order chi connectivity index (χ0) is 10.3. The van der Waals surface area contributed by atoms with Gasteiger partial charge in [-0.1, -0.05) is 34.1 Å². The van der Waals surface area contributed by atoms with Crippen molar-refractivity contribution in [2.75, 3.05) is 0 Å². The van der Waals surface area contributed by atoms with E-state index in [1.807, 2.05) is 12.3 Å². The molecule has 1 nitrogen and oxygen atoms in total. The second-order valence-electron chi connectivity index (χ2n) is 3.80. The summed E-state index contributed by atoms with van der Waals surface area (Å²) in [6, 6.07) is 8.43. The van der Waals surface area contributed by atoms with Gasteiger partial charge < -0.3 is 0 Å². The van der Waals surface area contributed by atoms with Crippen molar-refractivity contribution in [2.24, 2.45) is 0 Å². The lowest BCUT2D eigenvalue weighted by Crippen LogP contribution is -1.98. The first-order valence-corrected chi connectivity index (χ1v) is 5.86. The van der Waals surface area contributed by atoms with Gasteiger partial charge in [0.05, 0.1) is 5.52 Å². The van der Waals surface area contributed by atoms with Crippen molar-refractivity contribution in [3.63, 3.8) is 0 Å². The number of fused-ring (bicyclic) bond motifs is 3. The Hall–Kier alpha value is -1.15. The molecule has 0 fully saturated rings. The Balaban J connectivity index is 2.35. The van der Waals surface area contributed by atoms with Crippen LogP contribution in [-0.4, -0.2) is 4.98 Å². The Morgan fingerprint density at radius 1 is 1.13 bits per heavy atom. The van der Waals surface area contributed by atoms with Crippen LogP contribution in [0, 0.1) is 0 Å². The van der Waals surface area contributed by atoms with Gasteiger partial charge in [-0.15, -0.1) is 0 Å². The lowest BCUT2D eigenvalue weighted by Gasteiger charge is -2.14. The largest absolute Gasteiger partial charge is 0.256 e. The molecule has 0 saturated carbocycles. The Morgan fingerprint density at radius 2 is 2.07 bits per heavy atom. The van der Waals surface area contributed by atoms with E-state index in [4.69, 9.17) is 0 Å². The number of allylic oxidation sites excluding steroid dienone is 1. The number of rotatable bonds is 0. The minimum Gasteiger partial charge on any atom is -0.256 e. The number of pyridine rings is 1. The van der Waals surface area contributed by atoms with Gasteiger partial charge in [-0.05, 0) is 40.6 Å². The highest BCUT2D eigenvalue weighted by Gasteiger charge is 2.12. The topological polar surface area (TPSA) is 12.9 Å². The van der Waals surface area contributed by atoms with Gasteiger partial charge in [0.2, 0.25) is 0 Å². The van der Waals surface area contributed by atoms with Crippen LogP contribution in [0.4, 0.5) is 0 Å². The molecule has 0 N–H and O–H groups in total. The molecule has 1 heterocycles. The van der Waals surface area contributed by atoms with Crippen molar-refractivity contribution in [2.45, 2.75) is 12.8 Å². The molecule has 0 unspecified atom stereocenters. The van der Waals surface area contributed by atoms with Crippen LogP contribution >= 0.6 is 15.9 Å². The van der Waals surface area contributed by atoms with Gasteiger partial charge in [-0.25, -0.2) is 0 Å². The molecule has 3 rings (SSSR count). The number of hydrogen-bond donors (Lipinski definition) is 0. The maximum atomic E-state index is 4.47. The average molecular weight is 260 g/mol. The molecule has 0 bridgehead atoms. The molecule has 2 heteroatoms. The van der Waals surface area contributed by atoms with Gasteiger partial charge in [0.15, 0.2) is 0 Å². The van der Waals surface area contributed by atoms with E-state index in [2.05, 4.69) is 45.2 Å². The van der Waals surface area contributed by atoms with E-state index in [1.165, 1.54) is 21.0 Å². The molecule has 0 saturated heterocycles. The van der Waals surface area contributed by atoms with Crippen molar-refractivity contribution >= 4 is 32.9 Å². The first kappa shape index (κ1) is 9.10. The molecule has 0 radical (unpaired) electrons. The highest BCUT2D eigenvalue weighted by atomic mass is 79.9. The highest BCUT2D eigenvalue weighted by Crippen LogP contribution is 2.31. The smallest absolute Gasteiger partial charge is 0.0739 e. The standard InChI is InChI=1S/C13H10BrN/c14-11-5-6-12-10(8-11)4-3-9-2-1-7-15-13(9)12/h1-4,7-8H,5-6H2. The maximum absolute atomic E-state index is 4.47. The van der Waals surface area contributed by atoms with Gasteiger partial charge in [0.1, 0.15) is 0 Å². The summed E-state index contributed by atoms with van der Waals surface area (Å²) in [5.74, 6) is 0. The fourth-order valence-electron chi connectivity index (χ4n) is 2.10. The van der Waals surface area contributed by atoms with Crippen LogP contribution < -0.4 is 0 Å². The van der Waals surface area contributed by atoms with Crippen molar-refractivity contribution in [1.82, 2.24) is 4.98 Å². The van der Waals surface area contributed by atoms with Gasteiger partial charge in [-0.3, -0.25) is 4.98 Å². The van der Waals surface area contributed by atoms with Gasteiger partial charge >= 0.3 is 0 Å². The predicted molar refractivity (Wildman–Crippen MR) is 67.0 cm³/mol.